The third-order valence-electron chi connectivity index (χ3n) is 8.26. The van der Waals surface area contributed by atoms with Crippen molar-refractivity contribution in [3.05, 3.63) is 121 Å². The number of rotatable bonds is 8. The van der Waals surface area contributed by atoms with Gasteiger partial charge >= 0.3 is 0 Å². The molecule has 4 atom stereocenters. The lowest BCUT2D eigenvalue weighted by molar-refractivity contribution is 0.295. The zero-order valence-electron chi connectivity index (χ0n) is 20.3. The minimum atomic E-state index is -0.273. The summed E-state index contributed by atoms with van der Waals surface area (Å²) in [5.74, 6) is 3.63. The molecule has 2 aliphatic carbocycles. The van der Waals surface area contributed by atoms with Crippen molar-refractivity contribution in [3.8, 4) is 0 Å². The van der Waals surface area contributed by atoms with Crippen LogP contribution in [0.5, 0.6) is 0 Å². The van der Waals surface area contributed by atoms with Crippen LogP contribution in [0, 0.1) is 23.7 Å². The van der Waals surface area contributed by atoms with Crippen molar-refractivity contribution < 1.29 is 0 Å². The molecule has 0 aliphatic heterocycles. The van der Waals surface area contributed by atoms with E-state index < -0.39 is 0 Å². The van der Waals surface area contributed by atoms with E-state index in [9.17, 15) is 0 Å². The molecule has 0 aromatic heterocycles. The van der Waals surface area contributed by atoms with Gasteiger partial charge in [0.1, 0.15) is 0 Å². The number of fused-ring (bicyclic) bond motifs is 2. The van der Waals surface area contributed by atoms with Crippen LogP contribution in [0.4, 0.5) is 0 Å². The Hall–Kier alpha value is -2.26. The largest absolute Gasteiger partial charge is 0.0622 e. The summed E-state index contributed by atoms with van der Waals surface area (Å²) in [5, 5.41) is 6.18. The Labute approximate surface area is 213 Å². The van der Waals surface area contributed by atoms with Crippen LogP contribution < -0.4 is 21.2 Å². The summed E-state index contributed by atoms with van der Waals surface area (Å²) < 4.78 is 0. The Bertz CT molecular complexity index is 1020. The first-order chi connectivity index (χ1) is 17.3. The highest BCUT2D eigenvalue weighted by molar-refractivity contribution is 7.73. The van der Waals surface area contributed by atoms with Gasteiger partial charge in [0.25, 0.3) is 0 Å². The van der Waals surface area contributed by atoms with E-state index in [0.29, 0.717) is 0 Å². The van der Waals surface area contributed by atoms with E-state index in [-0.39, 0.29) is 15.8 Å². The summed E-state index contributed by atoms with van der Waals surface area (Å²) in [7, 11) is -0.546. The second kappa shape index (κ2) is 10.8. The first-order valence-corrected chi connectivity index (χ1v) is 16.2. The van der Waals surface area contributed by atoms with Gasteiger partial charge in [-0.2, -0.15) is 0 Å². The molecule has 35 heavy (non-hydrogen) atoms. The third-order valence-corrected chi connectivity index (χ3v) is 13.6. The van der Waals surface area contributed by atoms with Gasteiger partial charge in [-0.15, -0.1) is 0 Å². The Balaban J connectivity index is 1.18. The molecular weight excluding hydrogens is 458 g/mol. The first kappa shape index (κ1) is 23.2. The second-order valence-corrected chi connectivity index (χ2v) is 14.8. The predicted octanol–water partition coefficient (Wildman–Crippen LogP) is 6.91. The lowest BCUT2D eigenvalue weighted by atomic mass is 9.84. The molecule has 4 aromatic rings. The van der Waals surface area contributed by atoms with Crippen molar-refractivity contribution in [2.75, 3.05) is 12.3 Å². The molecule has 0 heterocycles. The van der Waals surface area contributed by atoms with E-state index in [1.54, 1.807) is 21.2 Å². The topological polar surface area (TPSA) is 0 Å². The number of benzene rings is 4. The molecule has 2 aliphatic rings. The molecular formula is C33H34P2. The van der Waals surface area contributed by atoms with E-state index in [0.717, 1.165) is 23.7 Å². The van der Waals surface area contributed by atoms with Gasteiger partial charge in [0.2, 0.25) is 0 Å². The van der Waals surface area contributed by atoms with Crippen LogP contribution >= 0.6 is 15.8 Å². The van der Waals surface area contributed by atoms with Crippen molar-refractivity contribution in [3.63, 3.8) is 0 Å². The molecule has 0 N–H and O–H groups in total. The Morgan fingerprint density at radius 3 is 0.943 bits per heavy atom. The molecule has 0 nitrogen and oxygen atoms in total. The van der Waals surface area contributed by atoms with Gasteiger partial charge in [-0.3, -0.25) is 0 Å². The standard InChI is InChI=1S/C33H34P2/c1-5-13-30(14-6-1)34(31-15-7-2-8-16-31)24-28-22-27-21-26(28)23-29(27)25-35(32-17-9-3-10-18-32)33-19-11-4-12-20-33/h1-20,26-29H,21-25H2/t26-,27-,28+,29+/m1/s1. The van der Waals surface area contributed by atoms with Crippen molar-refractivity contribution in [2.45, 2.75) is 19.3 Å². The van der Waals surface area contributed by atoms with Crippen LogP contribution in [0.3, 0.4) is 0 Å². The van der Waals surface area contributed by atoms with Crippen LogP contribution in [0.25, 0.3) is 0 Å². The highest BCUT2D eigenvalue weighted by Crippen LogP contribution is 2.57. The van der Waals surface area contributed by atoms with Gasteiger partial charge in [-0.05, 0) is 92.3 Å². The Morgan fingerprint density at radius 1 is 0.400 bits per heavy atom. The Morgan fingerprint density at radius 2 is 0.686 bits per heavy atom. The van der Waals surface area contributed by atoms with Gasteiger partial charge in [0.15, 0.2) is 0 Å². The lowest BCUT2D eigenvalue weighted by Gasteiger charge is -2.33. The first-order valence-electron chi connectivity index (χ1n) is 13.1. The fourth-order valence-corrected chi connectivity index (χ4v) is 12.0. The summed E-state index contributed by atoms with van der Waals surface area (Å²) in [6.45, 7) is 0. The smallest absolute Gasteiger partial charge is 0.0195 e. The van der Waals surface area contributed by atoms with Crippen molar-refractivity contribution in [2.24, 2.45) is 23.7 Å². The van der Waals surface area contributed by atoms with Crippen LogP contribution in [-0.2, 0) is 0 Å². The van der Waals surface area contributed by atoms with Crippen LogP contribution in [-0.4, -0.2) is 12.3 Å². The minimum absolute atomic E-state index is 0.273. The molecule has 0 unspecified atom stereocenters. The van der Waals surface area contributed by atoms with E-state index in [2.05, 4.69) is 121 Å². The highest BCUT2D eigenvalue weighted by Gasteiger charge is 2.46. The van der Waals surface area contributed by atoms with Crippen molar-refractivity contribution >= 4 is 37.1 Å². The summed E-state index contributed by atoms with van der Waals surface area (Å²) in [6.07, 6.45) is 7.09. The SMILES string of the molecule is c1ccc(P(C[C@@H]2C[C@H]3C[C@@H]2C[C@H]3CP(c2ccccc2)c2ccccc2)c2ccccc2)cc1. The summed E-state index contributed by atoms with van der Waals surface area (Å²) >= 11 is 0. The molecule has 2 fully saturated rings. The number of hydrogen-bond acceptors (Lipinski definition) is 0. The van der Waals surface area contributed by atoms with Crippen LogP contribution in [0.1, 0.15) is 19.3 Å². The van der Waals surface area contributed by atoms with E-state index in [1.807, 2.05) is 0 Å². The van der Waals surface area contributed by atoms with E-state index in [4.69, 9.17) is 0 Å². The predicted molar refractivity (Wildman–Crippen MR) is 156 cm³/mol. The van der Waals surface area contributed by atoms with E-state index in [1.165, 1.54) is 31.6 Å². The lowest BCUT2D eigenvalue weighted by Crippen LogP contribution is -2.27. The zero-order valence-corrected chi connectivity index (χ0v) is 22.1. The molecule has 6 rings (SSSR count). The summed E-state index contributed by atoms with van der Waals surface area (Å²) in [5.41, 5.74) is 0. The molecule has 0 saturated heterocycles. The fraction of sp³-hybridized carbons (Fsp3) is 0.273. The van der Waals surface area contributed by atoms with Crippen LogP contribution in [0.15, 0.2) is 121 Å². The third kappa shape index (κ3) is 5.16. The van der Waals surface area contributed by atoms with E-state index >= 15 is 0 Å². The maximum atomic E-state index is 2.36. The fourth-order valence-electron chi connectivity index (χ4n) is 6.58. The zero-order chi connectivity index (χ0) is 23.5. The van der Waals surface area contributed by atoms with Gasteiger partial charge in [0.05, 0.1) is 0 Å². The van der Waals surface area contributed by atoms with Crippen LogP contribution in [0.2, 0.25) is 0 Å². The molecule has 0 amide bonds. The van der Waals surface area contributed by atoms with Gasteiger partial charge in [0, 0.05) is 0 Å². The minimum Gasteiger partial charge on any atom is -0.0622 e. The normalized spacial score (nSPS) is 23.3. The maximum Gasteiger partial charge on any atom is -0.0195 e. The van der Waals surface area contributed by atoms with Gasteiger partial charge < -0.3 is 0 Å². The molecule has 0 spiro atoms. The average molecular weight is 493 g/mol. The molecule has 2 heteroatoms. The Kier molecular flexibility index (Phi) is 7.13. The maximum absolute atomic E-state index is 2.36. The quantitative estimate of drug-likeness (QED) is 0.234. The average Bonchev–Trinajstić information content (AvgIpc) is 3.52. The summed E-state index contributed by atoms with van der Waals surface area (Å²) in [6, 6.07) is 45.3. The van der Waals surface area contributed by atoms with Crippen molar-refractivity contribution in [1.29, 1.82) is 0 Å². The van der Waals surface area contributed by atoms with Gasteiger partial charge in [-0.1, -0.05) is 121 Å². The molecule has 0 radical (unpaired) electrons. The van der Waals surface area contributed by atoms with Gasteiger partial charge in [-0.25, -0.2) is 0 Å². The summed E-state index contributed by atoms with van der Waals surface area (Å²) in [4.78, 5) is 0. The monoisotopic (exact) mass is 492 g/mol. The number of hydrogen-bond donors (Lipinski definition) is 0. The molecule has 4 aromatic carbocycles. The molecule has 2 saturated carbocycles. The molecule has 2 bridgehead atoms. The second-order valence-electron chi connectivity index (χ2n) is 10.3. The highest BCUT2D eigenvalue weighted by atomic mass is 31.1. The van der Waals surface area contributed by atoms with Crippen molar-refractivity contribution in [1.82, 2.24) is 0 Å². The molecule has 176 valence electrons.